The largest absolute Gasteiger partial charge is 0.310 e. The number of nitrogens with zero attached hydrogens (tertiary/aromatic N) is 1. The van der Waals surface area contributed by atoms with Gasteiger partial charge in [0.05, 0.1) is 4.92 Å². The van der Waals surface area contributed by atoms with Gasteiger partial charge in [-0.05, 0) is 37.6 Å². The Kier molecular flexibility index (Phi) is 5.47. The highest BCUT2D eigenvalue weighted by molar-refractivity contribution is 9.10. The maximum absolute atomic E-state index is 11.0. The molecule has 0 amide bonds. The van der Waals surface area contributed by atoms with Gasteiger partial charge >= 0.3 is 0 Å². The molecule has 0 spiro atoms. The summed E-state index contributed by atoms with van der Waals surface area (Å²) < 4.78 is 1.05. The lowest BCUT2D eigenvalue weighted by molar-refractivity contribution is -0.385. The van der Waals surface area contributed by atoms with Gasteiger partial charge in [0.1, 0.15) is 0 Å². The van der Waals surface area contributed by atoms with E-state index in [0.29, 0.717) is 13.0 Å². The van der Waals surface area contributed by atoms with E-state index in [-0.39, 0.29) is 16.7 Å². The fourth-order valence-corrected chi connectivity index (χ4v) is 2.46. The standard InChI is InChI=1S/C16H17BrN2O2/c1-12(13-6-8-15(17)9-7-13)18-11-10-14-4-2-3-5-16(14)19(20)21/h2-9,12,18H,10-11H2,1H3. The van der Waals surface area contributed by atoms with Crippen molar-refractivity contribution in [2.75, 3.05) is 6.54 Å². The highest BCUT2D eigenvalue weighted by Gasteiger charge is 2.12. The molecule has 0 aliphatic heterocycles. The maximum atomic E-state index is 11.0. The third-order valence-electron chi connectivity index (χ3n) is 3.40. The summed E-state index contributed by atoms with van der Waals surface area (Å²) in [6.07, 6.45) is 0.637. The van der Waals surface area contributed by atoms with Crippen LogP contribution in [-0.2, 0) is 6.42 Å². The van der Waals surface area contributed by atoms with Crippen LogP contribution in [0.4, 0.5) is 5.69 Å². The summed E-state index contributed by atoms with van der Waals surface area (Å²) in [5.74, 6) is 0. The van der Waals surface area contributed by atoms with Crippen LogP contribution in [-0.4, -0.2) is 11.5 Å². The summed E-state index contributed by atoms with van der Waals surface area (Å²) in [6, 6.07) is 15.2. The maximum Gasteiger partial charge on any atom is 0.272 e. The van der Waals surface area contributed by atoms with E-state index in [1.165, 1.54) is 5.56 Å². The Labute approximate surface area is 132 Å². The topological polar surface area (TPSA) is 55.2 Å². The summed E-state index contributed by atoms with van der Waals surface area (Å²) in [4.78, 5) is 10.6. The highest BCUT2D eigenvalue weighted by atomic mass is 79.9. The van der Waals surface area contributed by atoms with Crippen LogP contribution in [0.5, 0.6) is 0 Å². The minimum atomic E-state index is -0.326. The zero-order chi connectivity index (χ0) is 15.2. The van der Waals surface area contributed by atoms with Crippen LogP contribution in [0.3, 0.4) is 0 Å². The summed E-state index contributed by atoms with van der Waals surface area (Å²) in [5, 5.41) is 14.3. The third kappa shape index (κ3) is 4.37. The normalized spacial score (nSPS) is 12.1. The van der Waals surface area contributed by atoms with E-state index in [0.717, 1.165) is 10.0 Å². The number of halogens is 1. The minimum Gasteiger partial charge on any atom is -0.310 e. The average molecular weight is 349 g/mol. The fourth-order valence-electron chi connectivity index (χ4n) is 2.19. The minimum absolute atomic E-state index is 0.190. The second-order valence-corrected chi connectivity index (χ2v) is 5.78. The average Bonchev–Trinajstić information content (AvgIpc) is 2.48. The van der Waals surface area contributed by atoms with Crippen molar-refractivity contribution < 1.29 is 4.92 Å². The van der Waals surface area contributed by atoms with E-state index in [9.17, 15) is 10.1 Å². The van der Waals surface area contributed by atoms with Gasteiger partial charge in [0, 0.05) is 22.1 Å². The van der Waals surface area contributed by atoms with Gasteiger partial charge in [-0.3, -0.25) is 10.1 Å². The number of nitro groups is 1. The lowest BCUT2D eigenvalue weighted by Gasteiger charge is -2.14. The predicted octanol–water partition coefficient (Wildman–Crippen LogP) is 4.25. The smallest absolute Gasteiger partial charge is 0.272 e. The van der Waals surface area contributed by atoms with Gasteiger partial charge in [-0.15, -0.1) is 0 Å². The molecule has 0 aliphatic carbocycles. The van der Waals surface area contributed by atoms with Crippen molar-refractivity contribution in [3.8, 4) is 0 Å². The molecule has 1 atom stereocenters. The summed E-state index contributed by atoms with van der Waals surface area (Å²) >= 11 is 3.42. The van der Waals surface area contributed by atoms with E-state index in [1.807, 2.05) is 24.3 Å². The Hall–Kier alpha value is -1.72. The van der Waals surface area contributed by atoms with Crippen LogP contribution in [0.15, 0.2) is 53.0 Å². The molecule has 0 radical (unpaired) electrons. The van der Waals surface area contributed by atoms with Crippen molar-refractivity contribution in [3.63, 3.8) is 0 Å². The predicted molar refractivity (Wildman–Crippen MR) is 87.4 cm³/mol. The first-order valence-corrected chi connectivity index (χ1v) is 7.58. The molecule has 0 bridgehead atoms. The Morgan fingerprint density at radius 3 is 2.52 bits per heavy atom. The molecule has 2 aromatic rings. The summed E-state index contributed by atoms with van der Waals surface area (Å²) in [7, 11) is 0. The first-order chi connectivity index (χ1) is 10.1. The quantitative estimate of drug-likeness (QED) is 0.627. The molecule has 2 aromatic carbocycles. The molecule has 21 heavy (non-hydrogen) atoms. The number of rotatable bonds is 6. The number of benzene rings is 2. The first kappa shape index (κ1) is 15.7. The van der Waals surface area contributed by atoms with Crippen molar-refractivity contribution in [1.82, 2.24) is 5.32 Å². The molecular weight excluding hydrogens is 332 g/mol. The van der Waals surface area contributed by atoms with Crippen molar-refractivity contribution in [2.45, 2.75) is 19.4 Å². The van der Waals surface area contributed by atoms with E-state index in [1.54, 1.807) is 12.1 Å². The van der Waals surface area contributed by atoms with E-state index in [4.69, 9.17) is 0 Å². The molecule has 0 saturated carbocycles. The second-order valence-electron chi connectivity index (χ2n) is 4.86. The van der Waals surface area contributed by atoms with Crippen molar-refractivity contribution in [2.24, 2.45) is 0 Å². The lowest BCUT2D eigenvalue weighted by atomic mass is 10.1. The molecule has 1 unspecified atom stereocenters. The molecule has 5 heteroatoms. The van der Waals surface area contributed by atoms with Crippen LogP contribution in [0.1, 0.15) is 24.1 Å². The van der Waals surface area contributed by atoms with Gasteiger partial charge in [0.15, 0.2) is 0 Å². The monoisotopic (exact) mass is 348 g/mol. The number of hydrogen-bond acceptors (Lipinski definition) is 3. The molecule has 0 aliphatic rings. The molecule has 0 heterocycles. The molecule has 0 aromatic heterocycles. The first-order valence-electron chi connectivity index (χ1n) is 6.79. The van der Waals surface area contributed by atoms with Gasteiger partial charge in [-0.25, -0.2) is 0 Å². The number of nitro benzene ring substituents is 1. The molecule has 4 nitrogen and oxygen atoms in total. The fraction of sp³-hybridized carbons (Fsp3) is 0.250. The Bertz CT molecular complexity index is 614. The van der Waals surface area contributed by atoms with Gasteiger partial charge in [0.2, 0.25) is 0 Å². The number of nitrogens with one attached hydrogen (secondary N) is 1. The van der Waals surface area contributed by atoms with Crippen molar-refractivity contribution in [3.05, 3.63) is 74.2 Å². The van der Waals surface area contributed by atoms with Crippen molar-refractivity contribution >= 4 is 21.6 Å². The van der Waals surface area contributed by atoms with Crippen LogP contribution >= 0.6 is 15.9 Å². The number of hydrogen-bond donors (Lipinski definition) is 1. The van der Waals surface area contributed by atoms with Crippen molar-refractivity contribution in [1.29, 1.82) is 0 Å². The van der Waals surface area contributed by atoms with Crippen LogP contribution < -0.4 is 5.32 Å². The SMILES string of the molecule is CC(NCCc1ccccc1[N+](=O)[O-])c1ccc(Br)cc1. The molecule has 1 N–H and O–H groups in total. The van der Waals surface area contributed by atoms with E-state index < -0.39 is 0 Å². The Morgan fingerprint density at radius 1 is 1.19 bits per heavy atom. The van der Waals surface area contributed by atoms with Crippen LogP contribution in [0.25, 0.3) is 0 Å². The Balaban J connectivity index is 1.92. The van der Waals surface area contributed by atoms with Gasteiger partial charge < -0.3 is 5.32 Å². The third-order valence-corrected chi connectivity index (χ3v) is 3.93. The summed E-state index contributed by atoms with van der Waals surface area (Å²) in [5.41, 5.74) is 2.15. The molecule has 2 rings (SSSR count). The molecular formula is C16H17BrN2O2. The molecule has 110 valence electrons. The Morgan fingerprint density at radius 2 is 1.86 bits per heavy atom. The zero-order valence-corrected chi connectivity index (χ0v) is 13.3. The van der Waals surface area contributed by atoms with E-state index in [2.05, 4.69) is 40.3 Å². The molecule has 0 saturated heterocycles. The van der Waals surface area contributed by atoms with Gasteiger partial charge in [-0.1, -0.05) is 46.3 Å². The van der Waals surface area contributed by atoms with Gasteiger partial charge in [-0.2, -0.15) is 0 Å². The zero-order valence-electron chi connectivity index (χ0n) is 11.8. The van der Waals surface area contributed by atoms with Gasteiger partial charge in [0.25, 0.3) is 5.69 Å². The van der Waals surface area contributed by atoms with Crippen LogP contribution in [0.2, 0.25) is 0 Å². The van der Waals surface area contributed by atoms with Crippen LogP contribution in [0, 0.1) is 10.1 Å². The number of para-hydroxylation sites is 1. The second kappa shape index (κ2) is 7.33. The highest BCUT2D eigenvalue weighted by Crippen LogP contribution is 2.19. The molecule has 0 fully saturated rings. The summed E-state index contributed by atoms with van der Waals surface area (Å²) in [6.45, 7) is 2.78. The lowest BCUT2D eigenvalue weighted by Crippen LogP contribution is -2.21. The van der Waals surface area contributed by atoms with E-state index >= 15 is 0 Å².